The minimum absolute atomic E-state index is 0.0647. The van der Waals surface area contributed by atoms with E-state index in [-0.39, 0.29) is 18.5 Å². The summed E-state index contributed by atoms with van der Waals surface area (Å²) in [4.78, 5) is 27.9. The number of nitrogens with zero attached hydrogens (tertiary/aromatic N) is 2. The predicted octanol–water partition coefficient (Wildman–Crippen LogP) is 1.45. The van der Waals surface area contributed by atoms with Crippen molar-refractivity contribution in [3.63, 3.8) is 0 Å². The summed E-state index contributed by atoms with van der Waals surface area (Å²) in [5, 5.41) is 2.81. The van der Waals surface area contributed by atoms with E-state index in [0.29, 0.717) is 23.7 Å². The molecule has 0 aliphatic heterocycles. The van der Waals surface area contributed by atoms with Crippen molar-refractivity contribution in [2.75, 3.05) is 13.7 Å². The van der Waals surface area contributed by atoms with Crippen LogP contribution in [0.15, 0.2) is 35.1 Å². The maximum Gasteiger partial charge on any atom is 0.348 e. The number of rotatable bonds is 7. The van der Waals surface area contributed by atoms with Gasteiger partial charge in [0.1, 0.15) is 24.7 Å². The molecule has 0 saturated heterocycles. The number of methoxy groups -OCH3 is 1. The Labute approximate surface area is 146 Å². The van der Waals surface area contributed by atoms with Crippen molar-refractivity contribution in [3.05, 3.63) is 52.2 Å². The molecule has 0 fully saturated rings. The third-order valence-corrected chi connectivity index (χ3v) is 3.61. The first-order chi connectivity index (χ1) is 11.9. The number of amides is 1. The Morgan fingerprint density at radius 1 is 1.24 bits per heavy atom. The molecular weight excluding hydrogens is 322 g/mol. The van der Waals surface area contributed by atoms with E-state index in [2.05, 4.69) is 10.3 Å². The van der Waals surface area contributed by atoms with E-state index in [1.165, 1.54) is 4.57 Å². The van der Waals surface area contributed by atoms with E-state index in [9.17, 15) is 9.59 Å². The maximum absolute atomic E-state index is 12.1. The van der Waals surface area contributed by atoms with E-state index >= 15 is 0 Å². The number of hydrogen-bond acceptors (Lipinski definition) is 5. The molecule has 0 saturated carbocycles. The molecule has 1 atom stereocenters. The van der Waals surface area contributed by atoms with Gasteiger partial charge in [-0.1, -0.05) is 0 Å². The van der Waals surface area contributed by atoms with Crippen LogP contribution in [0, 0.1) is 13.8 Å². The summed E-state index contributed by atoms with van der Waals surface area (Å²) in [6.07, 6.45) is 0. The first-order valence-electron chi connectivity index (χ1n) is 8.00. The largest absolute Gasteiger partial charge is 0.497 e. The lowest BCUT2D eigenvalue weighted by Crippen LogP contribution is -2.41. The minimum Gasteiger partial charge on any atom is -0.497 e. The fraction of sp³-hybridized carbons (Fsp3) is 0.389. The summed E-state index contributed by atoms with van der Waals surface area (Å²) in [5.74, 6) is 1.18. The fourth-order valence-electron chi connectivity index (χ4n) is 2.37. The standard InChI is InChI=1S/C18H23N3O4/c1-12-9-14(3)21(18(23)20-12)10-17(22)19-13(2)11-25-16-7-5-15(24-4)6-8-16/h5-9,13H,10-11H2,1-4H3,(H,19,22). The summed E-state index contributed by atoms with van der Waals surface area (Å²) < 4.78 is 12.1. The van der Waals surface area contributed by atoms with Gasteiger partial charge in [0.2, 0.25) is 5.91 Å². The zero-order valence-corrected chi connectivity index (χ0v) is 14.9. The molecule has 134 valence electrons. The number of nitrogens with one attached hydrogen (secondary N) is 1. The lowest BCUT2D eigenvalue weighted by atomic mass is 10.3. The van der Waals surface area contributed by atoms with Gasteiger partial charge >= 0.3 is 5.69 Å². The molecule has 1 aromatic heterocycles. The Bertz CT molecular complexity index is 784. The molecule has 1 heterocycles. The van der Waals surface area contributed by atoms with Gasteiger partial charge in [0, 0.05) is 11.4 Å². The van der Waals surface area contributed by atoms with Crippen molar-refractivity contribution >= 4 is 5.91 Å². The van der Waals surface area contributed by atoms with Crippen LogP contribution >= 0.6 is 0 Å². The van der Waals surface area contributed by atoms with Crippen LogP contribution in [0.2, 0.25) is 0 Å². The van der Waals surface area contributed by atoms with Crippen molar-refractivity contribution in [1.82, 2.24) is 14.9 Å². The minimum atomic E-state index is -0.421. The van der Waals surface area contributed by atoms with Crippen LogP contribution in [0.5, 0.6) is 11.5 Å². The molecule has 2 aromatic rings. The zero-order chi connectivity index (χ0) is 18.4. The molecule has 7 heteroatoms. The number of carbonyl (C=O) groups is 1. The second-order valence-corrected chi connectivity index (χ2v) is 5.86. The van der Waals surface area contributed by atoms with E-state index in [1.54, 1.807) is 51.3 Å². The number of benzene rings is 1. The topological polar surface area (TPSA) is 82.4 Å². The Morgan fingerprint density at radius 2 is 1.88 bits per heavy atom. The Kier molecular flexibility index (Phi) is 6.16. The number of ether oxygens (including phenoxy) is 2. The second kappa shape index (κ2) is 8.32. The first-order valence-corrected chi connectivity index (χ1v) is 8.00. The van der Waals surface area contributed by atoms with Gasteiger partial charge < -0.3 is 14.8 Å². The van der Waals surface area contributed by atoms with Crippen molar-refractivity contribution in [3.8, 4) is 11.5 Å². The molecule has 2 rings (SSSR count). The molecule has 1 N–H and O–H groups in total. The Balaban J connectivity index is 1.86. The SMILES string of the molecule is COc1ccc(OCC(C)NC(=O)Cn2c(C)cc(C)nc2=O)cc1. The molecule has 0 spiro atoms. The highest BCUT2D eigenvalue weighted by Gasteiger charge is 2.12. The molecule has 0 radical (unpaired) electrons. The molecule has 0 aliphatic carbocycles. The molecule has 1 aromatic carbocycles. The van der Waals surface area contributed by atoms with Crippen LogP contribution < -0.4 is 20.5 Å². The molecular formula is C18H23N3O4. The number of carbonyl (C=O) groups excluding carboxylic acids is 1. The van der Waals surface area contributed by atoms with Crippen molar-refractivity contribution < 1.29 is 14.3 Å². The molecule has 25 heavy (non-hydrogen) atoms. The number of hydrogen-bond donors (Lipinski definition) is 1. The van der Waals surface area contributed by atoms with Gasteiger partial charge in [0.15, 0.2) is 0 Å². The third-order valence-electron chi connectivity index (χ3n) is 3.61. The fourth-order valence-corrected chi connectivity index (χ4v) is 2.37. The number of aromatic nitrogens is 2. The van der Waals surface area contributed by atoms with Gasteiger partial charge in [-0.2, -0.15) is 4.98 Å². The zero-order valence-electron chi connectivity index (χ0n) is 14.9. The molecule has 0 bridgehead atoms. The van der Waals surface area contributed by atoms with Gasteiger partial charge in [-0.15, -0.1) is 0 Å². The van der Waals surface area contributed by atoms with Crippen molar-refractivity contribution in [2.24, 2.45) is 0 Å². The van der Waals surface area contributed by atoms with Crippen LogP contribution in [0.3, 0.4) is 0 Å². The van der Waals surface area contributed by atoms with Gasteiger partial charge in [-0.3, -0.25) is 9.36 Å². The summed E-state index contributed by atoms with van der Waals surface area (Å²) in [5.41, 5.74) is 0.921. The van der Waals surface area contributed by atoms with E-state index in [4.69, 9.17) is 9.47 Å². The van der Waals surface area contributed by atoms with Crippen LogP contribution in [0.25, 0.3) is 0 Å². The van der Waals surface area contributed by atoms with Crippen LogP contribution in [0.1, 0.15) is 18.3 Å². The average Bonchev–Trinajstić information content (AvgIpc) is 2.56. The molecule has 0 aliphatic rings. The molecule has 1 unspecified atom stereocenters. The maximum atomic E-state index is 12.1. The highest BCUT2D eigenvalue weighted by atomic mass is 16.5. The summed E-state index contributed by atoms with van der Waals surface area (Å²) in [6.45, 7) is 5.62. The summed E-state index contributed by atoms with van der Waals surface area (Å²) in [6, 6.07) is 8.77. The summed E-state index contributed by atoms with van der Waals surface area (Å²) in [7, 11) is 1.60. The lowest BCUT2D eigenvalue weighted by Gasteiger charge is -2.16. The van der Waals surface area contributed by atoms with Crippen LogP contribution in [-0.2, 0) is 11.3 Å². The van der Waals surface area contributed by atoms with Crippen LogP contribution in [0.4, 0.5) is 0 Å². The smallest absolute Gasteiger partial charge is 0.348 e. The third kappa shape index (κ3) is 5.34. The summed E-state index contributed by atoms with van der Waals surface area (Å²) >= 11 is 0. The molecule has 7 nitrogen and oxygen atoms in total. The van der Waals surface area contributed by atoms with Crippen LogP contribution in [-0.4, -0.2) is 35.2 Å². The Hall–Kier alpha value is -2.83. The number of aryl methyl sites for hydroxylation is 2. The van der Waals surface area contributed by atoms with E-state index in [1.807, 2.05) is 6.92 Å². The van der Waals surface area contributed by atoms with E-state index in [0.717, 1.165) is 5.75 Å². The van der Waals surface area contributed by atoms with Crippen molar-refractivity contribution in [2.45, 2.75) is 33.4 Å². The average molecular weight is 345 g/mol. The lowest BCUT2D eigenvalue weighted by molar-refractivity contribution is -0.122. The van der Waals surface area contributed by atoms with Gasteiger partial charge in [-0.05, 0) is 51.1 Å². The highest BCUT2D eigenvalue weighted by Crippen LogP contribution is 2.17. The quantitative estimate of drug-likeness (QED) is 0.821. The van der Waals surface area contributed by atoms with E-state index < -0.39 is 5.69 Å². The second-order valence-electron chi connectivity index (χ2n) is 5.86. The monoisotopic (exact) mass is 345 g/mol. The normalized spacial score (nSPS) is 11.7. The van der Waals surface area contributed by atoms with Crippen molar-refractivity contribution in [1.29, 1.82) is 0 Å². The molecule has 1 amide bonds. The highest BCUT2D eigenvalue weighted by molar-refractivity contribution is 5.76. The van der Waals surface area contributed by atoms with Gasteiger partial charge in [0.05, 0.1) is 13.2 Å². The van der Waals surface area contributed by atoms with Gasteiger partial charge in [0.25, 0.3) is 0 Å². The Morgan fingerprint density at radius 3 is 2.48 bits per heavy atom. The predicted molar refractivity (Wildman–Crippen MR) is 94.1 cm³/mol. The van der Waals surface area contributed by atoms with Gasteiger partial charge in [-0.25, -0.2) is 4.79 Å². The first kappa shape index (κ1) is 18.5.